The second-order valence-corrected chi connectivity index (χ2v) is 8.24. The molecule has 12 heteroatoms. The molecule has 1 unspecified atom stereocenters. The number of ether oxygens (including phenoxy) is 2. The molecular formula is C26H19F7O5. The smallest absolute Gasteiger partial charge is 0.411 e. The summed E-state index contributed by atoms with van der Waals surface area (Å²) in [7, 11) is 0. The lowest BCUT2D eigenvalue weighted by Crippen LogP contribution is -2.54. The average Bonchev–Trinajstić information content (AvgIpc) is 2.79. The van der Waals surface area contributed by atoms with Gasteiger partial charge >= 0.3 is 24.3 Å². The maximum Gasteiger partial charge on any atom is 0.411 e. The van der Waals surface area contributed by atoms with Crippen LogP contribution in [-0.4, -0.2) is 29.4 Å². The lowest BCUT2D eigenvalue weighted by Gasteiger charge is -2.38. The number of phenolic OH excluding ortho intramolecular Hbond substituents is 1. The molecule has 38 heavy (non-hydrogen) atoms. The number of phenols is 1. The third-order valence-electron chi connectivity index (χ3n) is 5.71. The Morgan fingerprint density at radius 2 is 1.21 bits per heavy atom. The number of esters is 2. The summed E-state index contributed by atoms with van der Waals surface area (Å²) in [6, 6.07) is 8.32. The Hall–Kier alpha value is -4.09. The van der Waals surface area contributed by atoms with Gasteiger partial charge in [-0.1, -0.05) is 30.3 Å². The van der Waals surface area contributed by atoms with Crippen molar-refractivity contribution in [2.24, 2.45) is 0 Å². The van der Waals surface area contributed by atoms with E-state index in [-0.39, 0.29) is 22.8 Å². The molecule has 0 radical (unpaired) electrons. The van der Waals surface area contributed by atoms with Gasteiger partial charge in [0.25, 0.3) is 0 Å². The van der Waals surface area contributed by atoms with Gasteiger partial charge in [-0.15, -0.1) is 0 Å². The van der Waals surface area contributed by atoms with Gasteiger partial charge in [0.1, 0.15) is 23.1 Å². The first kappa shape index (κ1) is 28.5. The summed E-state index contributed by atoms with van der Waals surface area (Å²) < 4.78 is 109. The molecule has 202 valence electrons. The number of alkyl halides is 6. The van der Waals surface area contributed by atoms with E-state index in [4.69, 9.17) is 9.47 Å². The molecule has 0 saturated carbocycles. The number of benzene rings is 3. The van der Waals surface area contributed by atoms with Gasteiger partial charge in [-0.2, -0.15) is 26.3 Å². The molecule has 0 spiro atoms. The van der Waals surface area contributed by atoms with E-state index in [1.165, 1.54) is 6.92 Å². The van der Waals surface area contributed by atoms with Crippen molar-refractivity contribution in [1.82, 2.24) is 0 Å². The lowest BCUT2D eigenvalue weighted by molar-refractivity contribution is -0.288. The average molecular weight is 544 g/mol. The zero-order valence-corrected chi connectivity index (χ0v) is 19.7. The Labute approximate surface area is 211 Å². The van der Waals surface area contributed by atoms with E-state index in [0.717, 1.165) is 49.4 Å². The van der Waals surface area contributed by atoms with Crippen LogP contribution >= 0.6 is 0 Å². The standard InChI is InChI=1S/C26H19F7O5/c1-14(21-12-7-18(35)13-22(21)27)23(36)38-20-10-5-17(6-11-20)24(25(28,29)30,26(31,32)33)16-3-8-19(9-4-16)37-15(2)34/h3-14,35H,1-2H3. The van der Waals surface area contributed by atoms with Crippen LogP contribution in [0.4, 0.5) is 30.7 Å². The molecule has 0 heterocycles. The van der Waals surface area contributed by atoms with Crippen molar-refractivity contribution in [3.05, 3.63) is 89.2 Å². The van der Waals surface area contributed by atoms with E-state index >= 15 is 0 Å². The molecule has 1 atom stereocenters. The zero-order valence-electron chi connectivity index (χ0n) is 19.7. The SMILES string of the molecule is CC(=O)Oc1ccc(C(c2ccc(OC(=O)C(C)c3ccc(O)cc3F)cc2)(C(F)(F)F)C(F)(F)F)cc1. The van der Waals surface area contributed by atoms with Gasteiger partial charge in [0.05, 0.1) is 5.92 Å². The Balaban J connectivity index is 1.99. The molecule has 0 fully saturated rings. The van der Waals surface area contributed by atoms with Crippen molar-refractivity contribution in [2.45, 2.75) is 37.5 Å². The van der Waals surface area contributed by atoms with Crippen LogP contribution in [0.3, 0.4) is 0 Å². The topological polar surface area (TPSA) is 72.8 Å². The first-order valence-corrected chi connectivity index (χ1v) is 10.8. The van der Waals surface area contributed by atoms with Crippen molar-refractivity contribution in [1.29, 1.82) is 0 Å². The summed E-state index contributed by atoms with van der Waals surface area (Å²) in [5.74, 6) is -5.00. The molecule has 0 aromatic heterocycles. The predicted octanol–water partition coefficient (Wildman–Crippen LogP) is 6.58. The van der Waals surface area contributed by atoms with Gasteiger partial charge in [-0.05, 0) is 48.4 Å². The highest BCUT2D eigenvalue weighted by molar-refractivity contribution is 5.80. The highest BCUT2D eigenvalue weighted by Gasteiger charge is 2.72. The van der Waals surface area contributed by atoms with Gasteiger partial charge in [-0.25, -0.2) is 4.39 Å². The summed E-state index contributed by atoms with van der Waals surface area (Å²) in [6.07, 6.45) is -11.7. The largest absolute Gasteiger partial charge is 0.508 e. The number of halogens is 7. The Kier molecular flexibility index (Phi) is 7.75. The van der Waals surface area contributed by atoms with Crippen LogP contribution in [0.5, 0.6) is 17.2 Å². The quantitative estimate of drug-likeness (QED) is 0.216. The van der Waals surface area contributed by atoms with E-state index < -0.39 is 52.6 Å². The minimum Gasteiger partial charge on any atom is -0.508 e. The normalized spacial score (nSPS) is 13.1. The van der Waals surface area contributed by atoms with Crippen molar-refractivity contribution in [3.63, 3.8) is 0 Å². The molecule has 0 aliphatic rings. The second kappa shape index (κ2) is 10.3. The van der Waals surface area contributed by atoms with Crippen LogP contribution in [-0.2, 0) is 15.0 Å². The molecule has 3 rings (SSSR count). The summed E-state index contributed by atoms with van der Waals surface area (Å²) in [5, 5.41) is 9.29. The Morgan fingerprint density at radius 3 is 1.61 bits per heavy atom. The molecule has 0 saturated heterocycles. The van der Waals surface area contributed by atoms with Gasteiger partial charge < -0.3 is 14.6 Å². The van der Waals surface area contributed by atoms with Crippen molar-refractivity contribution < 1.29 is 54.9 Å². The minimum absolute atomic E-state index is 0.144. The van der Waals surface area contributed by atoms with Crippen LogP contribution in [0.2, 0.25) is 0 Å². The first-order valence-electron chi connectivity index (χ1n) is 10.8. The summed E-state index contributed by atoms with van der Waals surface area (Å²) >= 11 is 0. The number of hydrogen-bond acceptors (Lipinski definition) is 5. The highest BCUT2D eigenvalue weighted by Crippen LogP contribution is 2.56. The molecular weight excluding hydrogens is 525 g/mol. The minimum atomic E-state index is -5.86. The van der Waals surface area contributed by atoms with Crippen LogP contribution in [0.15, 0.2) is 66.7 Å². The Bertz CT molecular complexity index is 1300. The van der Waals surface area contributed by atoms with Gasteiger partial charge in [0.2, 0.25) is 5.41 Å². The molecule has 0 amide bonds. The van der Waals surface area contributed by atoms with Crippen LogP contribution in [0.1, 0.15) is 36.5 Å². The molecule has 3 aromatic rings. The van der Waals surface area contributed by atoms with Gasteiger partial charge in [0.15, 0.2) is 0 Å². The van der Waals surface area contributed by atoms with E-state index in [1.54, 1.807) is 0 Å². The van der Waals surface area contributed by atoms with E-state index in [1.807, 2.05) is 0 Å². The predicted molar refractivity (Wildman–Crippen MR) is 119 cm³/mol. The maximum absolute atomic E-state index is 14.3. The fourth-order valence-corrected chi connectivity index (χ4v) is 3.89. The zero-order chi connectivity index (χ0) is 28.5. The van der Waals surface area contributed by atoms with Crippen LogP contribution < -0.4 is 9.47 Å². The maximum atomic E-state index is 14.3. The number of carbonyl (C=O) groups excluding carboxylic acids is 2. The van der Waals surface area contributed by atoms with Crippen LogP contribution in [0, 0.1) is 5.82 Å². The Morgan fingerprint density at radius 1 is 0.763 bits per heavy atom. The van der Waals surface area contributed by atoms with Gasteiger partial charge in [-0.3, -0.25) is 9.59 Å². The summed E-state index contributed by atoms with van der Waals surface area (Å²) in [5.41, 5.74) is -7.01. The van der Waals surface area contributed by atoms with Crippen molar-refractivity contribution >= 4 is 11.9 Å². The number of rotatable bonds is 6. The molecule has 0 aliphatic carbocycles. The van der Waals surface area contributed by atoms with E-state index in [0.29, 0.717) is 24.3 Å². The van der Waals surface area contributed by atoms with Crippen LogP contribution in [0.25, 0.3) is 0 Å². The fraction of sp³-hybridized carbons (Fsp3) is 0.231. The third-order valence-corrected chi connectivity index (χ3v) is 5.71. The molecule has 0 bridgehead atoms. The lowest BCUT2D eigenvalue weighted by atomic mass is 9.73. The summed E-state index contributed by atoms with van der Waals surface area (Å²) in [6.45, 7) is 2.28. The molecule has 5 nitrogen and oxygen atoms in total. The number of aromatic hydroxyl groups is 1. The van der Waals surface area contributed by atoms with E-state index in [2.05, 4.69) is 0 Å². The highest BCUT2D eigenvalue weighted by atomic mass is 19.4. The number of hydrogen-bond donors (Lipinski definition) is 1. The second-order valence-electron chi connectivity index (χ2n) is 8.24. The third kappa shape index (κ3) is 5.43. The van der Waals surface area contributed by atoms with Crippen molar-refractivity contribution in [3.8, 4) is 17.2 Å². The molecule has 0 aliphatic heterocycles. The van der Waals surface area contributed by atoms with Crippen molar-refractivity contribution in [2.75, 3.05) is 0 Å². The first-order chi connectivity index (χ1) is 17.6. The van der Waals surface area contributed by atoms with E-state index in [9.17, 15) is 45.4 Å². The monoisotopic (exact) mass is 544 g/mol. The molecule has 1 N–H and O–H groups in total. The molecule has 3 aromatic carbocycles. The van der Waals surface area contributed by atoms with Gasteiger partial charge in [0, 0.05) is 18.6 Å². The number of carbonyl (C=O) groups is 2. The summed E-state index contributed by atoms with van der Waals surface area (Å²) in [4.78, 5) is 23.5. The fourth-order valence-electron chi connectivity index (χ4n) is 3.89.